The third kappa shape index (κ3) is 4.42. The number of thiazole rings is 1. The summed E-state index contributed by atoms with van der Waals surface area (Å²) >= 11 is 7.34. The van der Waals surface area contributed by atoms with Crippen molar-refractivity contribution in [2.24, 2.45) is 0 Å². The van der Waals surface area contributed by atoms with Crippen LogP contribution < -0.4 is 5.32 Å². The van der Waals surface area contributed by atoms with Gasteiger partial charge in [0.05, 0.1) is 6.20 Å². The van der Waals surface area contributed by atoms with E-state index in [0.29, 0.717) is 6.04 Å². The first kappa shape index (κ1) is 14.7. The van der Waals surface area contributed by atoms with Crippen LogP contribution in [0.1, 0.15) is 17.8 Å². The number of rotatable bonds is 5. The van der Waals surface area contributed by atoms with E-state index in [2.05, 4.69) is 10.3 Å². The van der Waals surface area contributed by atoms with E-state index in [0.717, 1.165) is 41.8 Å². The maximum absolute atomic E-state index is 11.6. The number of carbonyl (C=O) groups excluding carboxylic acids is 1. The topological polar surface area (TPSA) is 54.5 Å². The monoisotopic (exact) mass is 303 g/mol. The number of nitrogens with zero attached hydrogens (tertiary/aromatic N) is 2. The first-order valence-corrected chi connectivity index (χ1v) is 7.49. The van der Waals surface area contributed by atoms with Crippen molar-refractivity contribution in [2.75, 3.05) is 26.8 Å². The normalized spacial score (nSPS) is 16.8. The molecule has 106 valence electrons. The number of aromatic nitrogens is 1. The van der Waals surface area contributed by atoms with Gasteiger partial charge in [-0.2, -0.15) is 0 Å². The van der Waals surface area contributed by atoms with Gasteiger partial charge in [-0.25, -0.2) is 4.98 Å². The molecule has 1 amide bonds. The van der Waals surface area contributed by atoms with Crippen LogP contribution in [0.25, 0.3) is 0 Å². The molecule has 0 bridgehead atoms. The Balaban J connectivity index is 1.70. The molecule has 0 radical (unpaired) electrons. The molecule has 1 fully saturated rings. The molecule has 5 nitrogen and oxygen atoms in total. The molecule has 1 aliphatic rings. The number of halogens is 1. The quantitative estimate of drug-likeness (QED) is 0.896. The number of nitrogens with one attached hydrogen (secondary N) is 1. The van der Waals surface area contributed by atoms with Crippen molar-refractivity contribution in [3.63, 3.8) is 0 Å². The SMILES string of the molecule is COCC(=O)N1CCC(NCc2ncc(Cl)s2)CC1. The predicted octanol–water partition coefficient (Wildman–Crippen LogP) is 1.52. The van der Waals surface area contributed by atoms with Gasteiger partial charge in [-0.3, -0.25) is 4.79 Å². The Kier molecular flexibility index (Phi) is 5.57. The van der Waals surface area contributed by atoms with Gasteiger partial charge in [-0.05, 0) is 12.8 Å². The average molecular weight is 304 g/mol. The van der Waals surface area contributed by atoms with Crippen LogP contribution >= 0.6 is 22.9 Å². The fourth-order valence-electron chi connectivity index (χ4n) is 2.15. The second-order valence-corrected chi connectivity index (χ2v) is 6.27. The summed E-state index contributed by atoms with van der Waals surface area (Å²) in [7, 11) is 1.55. The number of ether oxygens (including phenoxy) is 1. The van der Waals surface area contributed by atoms with Crippen molar-refractivity contribution in [1.29, 1.82) is 0 Å². The predicted molar refractivity (Wildman–Crippen MR) is 75.4 cm³/mol. The molecule has 1 saturated heterocycles. The highest BCUT2D eigenvalue weighted by molar-refractivity contribution is 7.15. The lowest BCUT2D eigenvalue weighted by Crippen LogP contribution is -2.45. The summed E-state index contributed by atoms with van der Waals surface area (Å²) in [4.78, 5) is 17.7. The number of methoxy groups -OCH3 is 1. The van der Waals surface area contributed by atoms with Gasteiger partial charge in [-0.1, -0.05) is 11.6 Å². The summed E-state index contributed by atoms with van der Waals surface area (Å²) < 4.78 is 5.58. The van der Waals surface area contributed by atoms with E-state index in [1.165, 1.54) is 11.3 Å². The lowest BCUT2D eigenvalue weighted by Gasteiger charge is -2.32. The highest BCUT2D eigenvalue weighted by Gasteiger charge is 2.22. The Hall–Kier alpha value is -0.690. The fraction of sp³-hybridized carbons (Fsp3) is 0.667. The highest BCUT2D eigenvalue weighted by atomic mass is 35.5. The lowest BCUT2D eigenvalue weighted by atomic mass is 10.1. The van der Waals surface area contributed by atoms with Crippen LogP contribution in [0.15, 0.2) is 6.20 Å². The van der Waals surface area contributed by atoms with E-state index in [-0.39, 0.29) is 12.5 Å². The number of piperidine rings is 1. The van der Waals surface area contributed by atoms with Gasteiger partial charge in [0.2, 0.25) is 5.91 Å². The van der Waals surface area contributed by atoms with Crippen molar-refractivity contribution in [3.05, 3.63) is 15.5 Å². The molecule has 0 atom stereocenters. The largest absolute Gasteiger partial charge is 0.375 e. The summed E-state index contributed by atoms with van der Waals surface area (Å²) in [6, 6.07) is 0.439. The molecule has 2 rings (SSSR count). The third-order valence-electron chi connectivity index (χ3n) is 3.18. The second kappa shape index (κ2) is 7.19. The zero-order valence-corrected chi connectivity index (χ0v) is 12.5. The molecule has 0 aromatic carbocycles. The smallest absolute Gasteiger partial charge is 0.248 e. The van der Waals surface area contributed by atoms with Crippen molar-refractivity contribution in [2.45, 2.75) is 25.4 Å². The van der Waals surface area contributed by atoms with Crippen molar-refractivity contribution >= 4 is 28.8 Å². The molecule has 1 N–H and O–H groups in total. The van der Waals surface area contributed by atoms with E-state index in [9.17, 15) is 4.79 Å². The van der Waals surface area contributed by atoms with Crippen LogP contribution in [0, 0.1) is 0 Å². The molecule has 0 spiro atoms. The number of carbonyl (C=O) groups is 1. The molecule has 19 heavy (non-hydrogen) atoms. The Labute approximate surface area is 121 Å². The maximum Gasteiger partial charge on any atom is 0.248 e. The molecule has 7 heteroatoms. The lowest BCUT2D eigenvalue weighted by molar-refractivity contribution is -0.136. The Morgan fingerprint density at radius 3 is 2.95 bits per heavy atom. The van der Waals surface area contributed by atoms with Gasteiger partial charge in [-0.15, -0.1) is 11.3 Å². The number of hydrogen-bond acceptors (Lipinski definition) is 5. The van der Waals surface area contributed by atoms with E-state index in [1.807, 2.05) is 4.90 Å². The molecule has 0 unspecified atom stereocenters. The van der Waals surface area contributed by atoms with Crippen LogP contribution in [0.5, 0.6) is 0 Å². The highest BCUT2D eigenvalue weighted by Crippen LogP contribution is 2.18. The molecule has 2 heterocycles. The first-order valence-electron chi connectivity index (χ1n) is 6.29. The van der Waals surface area contributed by atoms with Crippen LogP contribution in [0.3, 0.4) is 0 Å². The summed E-state index contributed by atoms with van der Waals surface area (Å²) in [5, 5.41) is 4.47. The van der Waals surface area contributed by atoms with E-state index in [1.54, 1.807) is 13.3 Å². The molecule has 0 saturated carbocycles. The molecule has 1 aromatic rings. The Morgan fingerprint density at radius 1 is 1.63 bits per heavy atom. The Morgan fingerprint density at radius 2 is 2.37 bits per heavy atom. The summed E-state index contributed by atoms with van der Waals surface area (Å²) in [5.41, 5.74) is 0. The van der Waals surface area contributed by atoms with Crippen LogP contribution in [0.4, 0.5) is 0 Å². The summed E-state index contributed by atoms with van der Waals surface area (Å²) in [6.45, 7) is 2.50. The zero-order chi connectivity index (χ0) is 13.7. The van der Waals surface area contributed by atoms with E-state index in [4.69, 9.17) is 16.3 Å². The number of amides is 1. The van der Waals surface area contributed by atoms with Crippen molar-refractivity contribution in [3.8, 4) is 0 Å². The minimum Gasteiger partial charge on any atom is -0.375 e. The van der Waals surface area contributed by atoms with Crippen molar-refractivity contribution < 1.29 is 9.53 Å². The minimum atomic E-state index is 0.0765. The number of hydrogen-bond donors (Lipinski definition) is 1. The standard InChI is InChI=1S/C12H18ClN3O2S/c1-18-8-12(17)16-4-2-9(3-5-16)14-7-11-15-6-10(13)19-11/h6,9,14H,2-5,7-8H2,1H3. The van der Waals surface area contributed by atoms with Crippen LogP contribution in [0.2, 0.25) is 4.34 Å². The maximum atomic E-state index is 11.6. The van der Waals surface area contributed by atoms with Crippen molar-refractivity contribution in [1.82, 2.24) is 15.2 Å². The minimum absolute atomic E-state index is 0.0765. The van der Waals surface area contributed by atoms with Gasteiger partial charge < -0.3 is 15.0 Å². The number of likely N-dealkylation sites (tertiary alicyclic amines) is 1. The zero-order valence-electron chi connectivity index (χ0n) is 10.9. The molecular weight excluding hydrogens is 286 g/mol. The third-order valence-corrected chi connectivity index (χ3v) is 4.30. The molecule has 1 aromatic heterocycles. The van der Waals surface area contributed by atoms with E-state index >= 15 is 0 Å². The summed E-state index contributed by atoms with van der Waals surface area (Å²) in [5.74, 6) is 0.0765. The summed E-state index contributed by atoms with van der Waals surface area (Å²) in [6.07, 6.45) is 3.61. The molecule has 0 aliphatic carbocycles. The van der Waals surface area contributed by atoms with Gasteiger partial charge in [0, 0.05) is 32.8 Å². The van der Waals surface area contributed by atoms with E-state index < -0.39 is 0 Å². The molecule has 1 aliphatic heterocycles. The average Bonchev–Trinajstić information content (AvgIpc) is 2.83. The van der Waals surface area contributed by atoms with Gasteiger partial charge in [0.1, 0.15) is 16.0 Å². The van der Waals surface area contributed by atoms with Gasteiger partial charge in [0.25, 0.3) is 0 Å². The van der Waals surface area contributed by atoms with Gasteiger partial charge in [0.15, 0.2) is 0 Å². The first-order chi connectivity index (χ1) is 9.19. The Bertz CT molecular complexity index is 419. The fourth-order valence-corrected chi connectivity index (χ4v) is 3.06. The van der Waals surface area contributed by atoms with Gasteiger partial charge >= 0.3 is 0 Å². The van der Waals surface area contributed by atoms with Crippen LogP contribution in [-0.2, 0) is 16.1 Å². The second-order valence-electron chi connectivity index (χ2n) is 4.53. The van der Waals surface area contributed by atoms with Crippen LogP contribution in [-0.4, -0.2) is 48.6 Å². The molecular formula is C12H18ClN3O2S.